The number of amides is 1. The van der Waals surface area contributed by atoms with E-state index in [0.717, 1.165) is 51.9 Å². The van der Waals surface area contributed by atoms with E-state index in [1.54, 1.807) is 19.4 Å². The molecule has 0 radical (unpaired) electrons. The molecule has 1 unspecified atom stereocenters. The van der Waals surface area contributed by atoms with Gasteiger partial charge >= 0.3 is 0 Å². The second kappa shape index (κ2) is 7.79. The van der Waals surface area contributed by atoms with Crippen LogP contribution in [-0.4, -0.2) is 67.2 Å². The summed E-state index contributed by atoms with van der Waals surface area (Å²) >= 11 is 0. The Bertz CT molecular complexity index is 560. The number of likely N-dealkylation sites (N-methyl/N-ethyl adjacent to an activating group) is 1. The van der Waals surface area contributed by atoms with Gasteiger partial charge in [0.15, 0.2) is 0 Å². The van der Waals surface area contributed by atoms with Crippen LogP contribution in [0.15, 0.2) is 12.3 Å². The summed E-state index contributed by atoms with van der Waals surface area (Å²) in [6.45, 7) is 3.43. The van der Waals surface area contributed by atoms with E-state index < -0.39 is 0 Å². The molecule has 1 aromatic heterocycles. The first-order valence-corrected chi connectivity index (χ1v) is 8.80. The van der Waals surface area contributed by atoms with Gasteiger partial charge in [-0.25, -0.2) is 4.98 Å². The zero-order valence-electron chi connectivity index (χ0n) is 14.6. The Morgan fingerprint density at radius 1 is 1.33 bits per heavy atom. The fourth-order valence-electron chi connectivity index (χ4n) is 3.73. The number of nitrogens with zero attached hydrogens (tertiary/aromatic N) is 4. The van der Waals surface area contributed by atoms with Crippen molar-refractivity contribution in [3.05, 3.63) is 12.3 Å². The second-order valence-electron chi connectivity index (χ2n) is 6.55. The molecule has 0 bridgehead atoms. The number of carbonyl (C=O) groups excluding carboxylic acids is 1. The Labute approximate surface area is 143 Å². The van der Waals surface area contributed by atoms with Crippen LogP contribution in [0.1, 0.15) is 25.7 Å². The molecule has 7 nitrogen and oxygen atoms in total. The van der Waals surface area contributed by atoms with E-state index in [9.17, 15) is 4.79 Å². The maximum atomic E-state index is 12.9. The molecule has 132 valence electrons. The first kappa shape index (κ1) is 17.0. The van der Waals surface area contributed by atoms with E-state index in [1.165, 1.54) is 0 Å². The lowest BCUT2D eigenvalue weighted by Gasteiger charge is -2.35. The number of methoxy groups -OCH3 is 1. The van der Waals surface area contributed by atoms with E-state index in [4.69, 9.17) is 4.74 Å². The molecule has 3 rings (SSSR count). The summed E-state index contributed by atoms with van der Waals surface area (Å²) < 4.78 is 5.16. The van der Waals surface area contributed by atoms with Crippen molar-refractivity contribution in [2.24, 2.45) is 5.92 Å². The summed E-state index contributed by atoms with van der Waals surface area (Å²) in [5, 5.41) is 3.21. The third-order valence-electron chi connectivity index (χ3n) is 5.05. The summed E-state index contributed by atoms with van der Waals surface area (Å²) in [6, 6.07) is 2.11. The Morgan fingerprint density at radius 2 is 2.12 bits per heavy atom. The number of rotatable bonds is 5. The van der Waals surface area contributed by atoms with E-state index in [1.807, 2.05) is 7.05 Å². The number of aromatic nitrogens is 2. The van der Waals surface area contributed by atoms with Crippen molar-refractivity contribution < 1.29 is 9.53 Å². The summed E-state index contributed by atoms with van der Waals surface area (Å²) in [7, 11) is 3.56. The molecule has 1 amide bonds. The fraction of sp³-hybridized carbons (Fsp3) is 0.706. The lowest BCUT2D eigenvalue weighted by molar-refractivity contribution is -0.136. The van der Waals surface area contributed by atoms with Gasteiger partial charge < -0.3 is 19.9 Å². The SMILES string of the molecule is CNCC1CCCN1C(=O)C1CCN(c2nccc(OC)n2)CC1. The molecule has 2 aliphatic rings. The minimum Gasteiger partial charge on any atom is -0.481 e. The van der Waals surface area contributed by atoms with Crippen LogP contribution in [0.4, 0.5) is 5.95 Å². The van der Waals surface area contributed by atoms with Crippen molar-refractivity contribution >= 4 is 11.9 Å². The van der Waals surface area contributed by atoms with Gasteiger partial charge in [-0.05, 0) is 32.7 Å². The van der Waals surface area contributed by atoms with Crippen LogP contribution in [0.3, 0.4) is 0 Å². The van der Waals surface area contributed by atoms with Crippen LogP contribution in [0.2, 0.25) is 0 Å². The Morgan fingerprint density at radius 3 is 2.83 bits per heavy atom. The highest BCUT2D eigenvalue weighted by Crippen LogP contribution is 2.26. The average Bonchev–Trinajstić information content (AvgIpc) is 3.10. The van der Waals surface area contributed by atoms with E-state index in [0.29, 0.717) is 23.8 Å². The van der Waals surface area contributed by atoms with Crippen LogP contribution >= 0.6 is 0 Å². The number of carbonyl (C=O) groups is 1. The standard InChI is InChI=1S/C17H27N5O2/c1-18-12-14-4-3-9-22(14)16(23)13-6-10-21(11-7-13)17-19-8-5-15(20-17)24-2/h5,8,13-14,18H,3-4,6-7,9-12H2,1-2H3. The molecular weight excluding hydrogens is 306 g/mol. The topological polar surface area (TPSA) is 70.6 Å². The zero-order chi connectivity index (χ0) is 16.9. The van der Waals surface area contributed by atoms with Gasteiger partial charge in [-0.2, -0.15) is 4.98 Å². The molecule has 2 fully saturated rings. The van der Waals surface area contributed by atoms with Crippen molar-refractivity contribution in [3.8, 4) is 5.88 Å². The molecule has 2 aliphatic heterocycles. The number of likely N-dealkylation sites (tertiary alicyclic amines) is 1. The van der Waals surface area contributed by atoms with Gasteiger partial charge in [0, 0.05) is 50.4 Å². The molecule has 0 saturated carbocycles. The average molecular weight is 333 g/mol. The van der Waals surface area contributed by atoms with Gasteiger partial charge in [-0.15, -0.1) is 0 Å². The number of piperidine rings is 1. The lowest BCUT2D eigenvalue weighted by atomic mass is 9.95. The normalized spacial score (nSPS) is 22.0. The summed E-state index contributed by atoms with van der Waals surface area (Å²) in [6.07, 6.45) is 5.67. The quantitative estimate of drug-likeness (QED) is 0.864. The monoisotopic (exact) mass is 333 g/mol. The molecule has 0 aromatic carbocycles. The third kappa shape index (κ3) is 3.61. The highest BCUT2D eigenvalue weighted by atomic mass is 16.5. The van der Waals surface area contributed by atoms with E-state index in [2.05, 4.69) is 25.1 Å². The first-order chi connectivity index (χ1) is 11.7. The number of anilines is 1. The number of hydrogen-bond donors (Lipinski definition) is 1. The number of nitrogens with one attached hydrogen (secondary N) is 1. The Hall–Kier alpha value is -1.89. The largest absolute Gasteiger partial charge is 0.481 e. The van der Waals surface area contributed by atoms with Gasteiger partial charge in [-0.1, -0.05) is 0 Å². The molecule has 3 heterocycles. The second-order valence-corrected chi connectivity index (χ2v) is 6.55. The lowest BCUT2D eigenvalue weighted by Crippen LogP contribution is -2.47. The molecular formula is C17H27N5O2. The van der Waals surface area contributed by atoms with Crippen LogP contribution in [0.25, 0.3) is 0 Å². The molecule has 2 saturated heterocycles. The molecule has 1 N–H and O–H groups in total. The molecule has 1 aromatic rings. The van der Waals surface area contributed by atoms with Crippen molar-refractivity contribution in [1.29, 1.82) is 0 Å². The molecule has 0 aliphatic carbocycles. The van der Waals surface area contributed by atoms with E-state index in [-0.39, 0.29) is 5.92 Å². The van der Waals surface area contributed by atoms with Crippen LogP contribution in [0, 0.1) is 5.92 Å². The number of hydrogen-bond acceptors (Lipinski definition) is 6. The van der Waals surface area contributed by atoms with Crippen LogP contribution < -0.4 is 15.0 Å². The minimum absolute atomic E-state index is 0.129. The fourth-order valence-corrected chi connectivity index (χ4v) is 3.73. The number of ether oxygens (including phenoxy) is 1. The maximum Gasteiger partial charge on any atom is 0.228 e. The third-order valence-corrected chi connectivity index (χ3v) is 5.05. The highest BCUT2D eigenvalue weighted by Gasteiger charge is 2.34. The highest BCUT2D eigenvalue weighted by molar-refractivity contribution is 5.79. The summed E-state index contributed by atoms with van der Waals surface area (Å²) in [5.41, 5.74) is 0. The predicted molar refractivity (Wildman–Crippen MR) is 92.2 cm³/mol. The van der Waals surface area contributed by atoms with Gasteiger partial charge in [0.25, 0.3) is 0 Å². The summed E-state index contributed by atoms with van der Waals surface area (Å²) in [5.74, 6) is 1.72. The predicted octanol–water partition coefficient (Wildman–Crippen LogP) is 0.912. The van der Waals surface area contributed by atoms with Gasteiger partial charge in [-0.3, -0.25) is 4.79 Å². The molecule has 0 spiro atoms. The van der Waals surface area contributed by atoms with Crippen molar-refractivity contribution in [2.75, 3.05) is 45.2 Å². The molecule has 1 atom stereocenters. The van der Waals surface area contributed by atoms with Crippen molar-refractivity contribution in [2.45, 2.75) is 31.7 Å². The minimum atomic E-state index is 0.129. The zero-order valence-corrected chi connectivity index (χ0v) is 14.6. The molecule has 7 heteroatoms. The Balaban J connectivity index is 1.57. The van der Waals surface area contributed by atoms with E-state index >= 15 is 0 Å². The molecule has 24 heavy (non-hydrogen) atoms. The van der Waals surface area contributed by atoms with Gasteiger partial charge in [0.1, 0.15) is 0 Å². The van der Waals surface area contributed by atoms with Crippen LogP contribution in [-0.2, 0) is 4.79 Å². The van der Waals surface area contributed by atoms with Gasteiger partial charge in [0.05, 0.1) is 7.11 Å². The smallest absolute Gasteiger partial charge is 0.228 e. The van der Waals surface area contributed by atoms with Gasteiger partial charge in [0.2, 0.25) is 17.7 Å². The Kier molecular flexibility index (Phi) is 5.50. The first-order valence-electron chi connectivity index (χ1n) is 8.80. The van der Waals surface area contributed by atoms with Crippen molar-refractivity contribution in [1.82, 2.24) is 20.2 Å². The maximum absolute atomic E-state index is 12.9. The van der Waals surface area contributed by atoms with Crippen molar-refractivity contribution in [3.63, 3.8) is 0 Å². The van der Waals surface area contributed by atoms with Crippen LogP contribution in [0.5, 0.6) is 5.88 Å². The summed E-state index contributed by atoms with van der Waals surface area (Å²) in [4.78, 5) is 25.8.